The largest absolute Gasteiger partial charge is 0.481 e. The number of carboxylic acid groups (broad SMARTS) is 1. The Balaban J connectivity index is 1.43. The van der Waals surface area contributed by atoms with E-state index in [9.17, 15) is 27.9 Å². The highest BCUT2D eigenvalue weighted by Gasteiger charge is 2.72. The molecular formula is C41H64F3N5O5. The van der Waals surface area contributed by atoms with Gasteiger partial charge in [0.2, 0.25) is 5.82 Å². The fourth-order valence-electron chi connectivity index (χ4n) is 12.4. The Hall–Kier alpha value is -2.51. The Morgan fingerprint density at radius 1 is 1.09 bits per heavy atom. The lowest BCUT2D eigenvalue weighted by molar-refractivity contribution is -0.252. The van der Waals surface area contributed by atoms with E-state index >= 15 is 0 Å². The number of ether oxygens (including phenoxy) is 2. The van der Waals surface area contributed by atoms with Gasteiger partial charge in [-0.3, -0.25) is 9.59 Å². The van der Waals surface area contributed by atoms with Gasteiger partial charge in [-0.1, -0.05) is 74.0 Å². The van der Waals surface area contributed by atoms with E-state index in [0.29, 0.717) is 32.0 Å². The number of aromatic nitrogens is 3. The van der Waals surface area contributed by atoms with Crippen LogP contribution < -0.4 is 11.1 Å². The van der Waals surface area contributed by atoms with Crippen molar-refractivity contribution in [1.29, 1.82) is 0 Å². The van der Waals surface area contributed by atoms with Crippen LogP contribution >= 0.6 is 0 Å². The van der Waals surface area contributed by atoms with E-state index in [1.54, 1.807) is 4.68 Å². The minimum Gasteiger partial charge on any atom is -0.481 e. The minimum atomic E-state index is -4.57. The van der Waals surface area contributed by atoms with Crippen LogP contribution in [0.1, 0.15) is 124 Å². The average molecular weight is 764 g/mol. The maximum absolute atomic E-state index is 13.5. The van der Waals surface area contributed by atoms with Gasteiger partial charge in [0.05, 0.1) is 37.9 Å². The van der Waals surface area contributed by atoms with Gasteiger partial charge in [-0.05, 0) is 91.3 Å². The number of hydrogen-bond donors (Lipinski definition) is 3. The lowest BCUT2D eigenvalue weighted by Gasteiger charge is -2.71. The second-order valence-electron chi connectivity index (χ2n) is 19.9. The molecule has 12 atom stereocenters. The molecule has 0 aromatic carbocycles. The number of fused-ring (bicyclic) bond motifs is 3. The second-order valence-corrected chi connectivity index (χ2v) is 19.9. The molecular weight excluding hydrogens is 699 g/mol. The summed E-state index contributed by atoms with van der Waals surface area (Å²) in [4.78, 5) is 30.5. The van der Waals surface area contributed by atoms with E-state index in [1.165, 1.54) is 11.9 Å². The highest BCUT2D eigenvalue weighted by Crippen LogP contribution is 2.75. The van der Waals surface area contributed by atoms with Crippen molar-refractivity contribution < 1.29 is 37.3 Å². The number of nitrogens with two attached hydrogens (primary N) is 1. The zero-order valence-corrected chi connectivity index (χ0v) is 34.0. The van der Waals surface area contributed by atoms with Crippen LogP contribution in [0.3, 0.4) is 0 Å². The molecule has 2 bridgehead atoms. The standard InChI is InChI=1S/C41H64F3N5O5/c1-23(2)25(5)35(6)15-16-37(8)26-11-12-29-36(7)19-53-21-40(29,27(26)13-14-38(37,9)30(35)34(51)52)17-28(31(36)54-20-39(10,45)24(3)4)49-22-47-32(48-49)33(50)46-18-41(42,43)44/h13,22-26,28-31H,11-12,14-21,45H2,1-10H3,(H,46,50)(H,51,52)/t25-,26+,28-,29+,30-,31+,35-,36+,37-,38+,39+,40?/m1/s1. The predicted octanol–water partition coefficient (Wildman–Crippen LogP) is 7.46. The zero-order chi connectivity index (χ0) is 40.0. The van der Waals surface area contributed by atoms with Crippen molar-refractivity contribution in [2.24, 2.45) is 68.3 Å². The number of carbonyl (C=O) groups is 2. The molecule has 1 unspecified atom stereocenters. The number of carboxylic acids is 1. The third-order valence-electron chi connectivity index (χ3n) is 16.5. The van der Waals surface area contributed by atoms with Crippen LogP contribution in [0, 0.1) is 62.6 Å². The quantitative estimate of drug-likeness (QED) is 0.209. The third kappa shape index (κ3) is 6.25. The van der Waals surface area contributed by atoms with Gasteiger partial charge in [0, 0.05) is 16.4 Å². The number of hydrogen-bond acceptors (Lipinski definition) is 7. The Bertz CT molecular complexity index is 1640. The van der Waals surface area contributed by atoms with Gasteiger partial charge in [-0.2, -0.15) is 13.2 Å². The number of allylic oxidation sites excluding steroid dienone is 1. The van der Waals surface area contributed by atoms with Crippen molar-refractivity contribution in [1.82, 2.24) is 20.1 Å². The Kier molecular flexibility index (Phi) is 10.3. The molecule has 2 heterocycles. The first-order valence-corrected chi connectivity index (χ1v) is 20.1. The first-order chi connectivity index (χ1) is 24.9. The van der Waals surface area contributed by atoms with E-state index in [-0.39, 0.29) is 46.9 Å². The number of rotatable bonds is 10. The van der Waals surface area contributed by atoms with Gasteiger partial charge in [-0.15, -0.1) is 5.10 Å². The summed E-state index contributed by atoms with van der Waals surface area (Å²) in [6.07, 6.45) is 3.64. The molecule has 1 aromatic rings. The van der Waals surface area contributed by atoms with Crippen molar-refractivity contribution in [3.05, 3.63) is 23.8 Å². The first kappa shape index (κ1) is 41.1. The number of nitrogens with zero attached hydrogens (tertiary/aromatic N) is 3. The maximum Gasteiger partial charge on any atom is 0.405 e. The number of halogens is 3. The fraction of sp³-hybridized carbons (Fsp3) is 0.854. The summed E-state index contributed by atoms with van der Waals surface area (Å²) >= 11 is 0. The number of aliphatic carboxylic acids is 1. The van der Waals surface area contributed by atoms with Crippen LogP contribution in [0.5, 0.6) is 0 Å². The Morgan fingerprint density at radius 2 is 1.78 bits per heavy atom. The monoisotopic (exact) mass is 763 g/mol. The van der Waals surface area contributed by atoms with Gasteiger partial charge in [0.25, 0.3) is 5.91 Å². The highest BCUT2D eigenvalue weighted by atomic mass is 19.4. The molecule has 0 spiro atoms. The molecule has 4 fully saturated rings. The van der Waals surface area contributed by atoms with E-state index in [4.69, 9.17) is 15.2 Å². The maximum atomic E-state index is 13.5. The summed E-state index contributed by atoms with van der Waals surface area (Å²) in [6, 6.07) is -0.427. The summed E-state index contributed by atoms with van der Waals surface area (Å²) < 4.78 is 54.1. The molecule has 304 valence electrons. The smallest absolute Gasteiger partial charge is 0.405 e. The summed E-state index contributed by atoms with van der Waals surface area (Å²) in [5.41, 5.74) is 5.42. The highest BCUT2D eigenvalue weighted by molar-refractivity contribution is 5.90. The van der Waals surface area contributed by atoms with Crippen molar-refractivity contribution in [2.75, 3.05) is 26.4 Å². The van der Waals surface area contributed by atoms with E-state index in [2.05, 4.69) is 78.5 Å². The molecule has 4 N–H and O–H groups in total. The van der Waals surface area contributed by atoms with Crippen LogP contribution in [0.15, 0.2) is 18.0 Å². The van der Waals surface area contributed by atoms with Crippen LogP contribution in [-0.4, -0.2) is 75.9 Å². The van der Waals surface area contributed by atoms with Crippen LogP contribution in [0.4, 0.5) is 13.2 Å². The zero-order valence-electron chi connectivity index (χ0n) is 34.0. The van der Waals surface area contributed by atoms with Crippen molar-refractivity contribution in [2.45, 2.75) is 132 Å². The molecule has 1 saturated heterocycles. The number of carbonyl (C=O) groups excluding carboxylic acids is 1. The Labute approximate surface area is 319 Å². The molecule has 3 saturated carbocycles. The number of amides is 1. The lowest BCUT2D eigenvalue weighted by Crippen LogP contribution is -2.69. The summed E-state index contributed by atoms with van der Waals surface area (Å²) in [7, 11) is 0. The third-order valence-corrected chi connectivity index (χ3v) is 16.5. The molecule has 5 aliphatic rings. The number of nitrogens with one attached hydrogen (secondary N) is 1. The van der Waals surface area contributed by atoms with Crippen molar-refractivity contribution in [3.63, 3.8) is 0 Å². The molecule has 54 heavy (non-hydrogen) atoms. The molecule has 0 radical (unpaired) electrons. The summed E-state index contributed by atoms with van der Waals surface area (Å²) in [5, 5.41) is 17.5. The molecule has 1 amide bonds. The molecule has 6 rings (SSSR count). The van der Waals surface area contributed by atoms with E-state index < -0.39 is 64.4 Å². The normalized spacial score (nSPS) is 40.9. The summed E-state index contributed by atoms with van der Waals surface area (Å²) in [6.45, 7) is 21.4. The van der Waals surface area contributed by atoms with Crippen LogP contribution in [-0.2, 0) is 14.3 Å². The molecule has 10 nitrogen and oxygen atoms in total. The van der Waals surface area contributed by atoms with Gasteiger partial charge >= 0.3 is 12.1 Å². The molecule has 1 aromatic heterocycles. The SMILES string of the molecule is CC(C)[C@@H](C)[C@@]1(C)CC[C@]2(C)[C@H]3CC[C@@H]4C5(COC[C@]4(C)[C@@H](OC[C@](C)(N)C(C)C)[C@H](n4cnc(C(=O)NCC(F)(F)F)n4)C5)C3=CC[C@@]2(C)[C@@H]1C(=O)O. The van der Waals surface area contributed by atoms with Crippen molar-refractivity contribution in [3.8, 4) is 0 Å². The first-order valence-electron chi connectivity index (χ1n) is 20.1. The van der Waals surface area contributed by atoms with E-state index in [1.807, 2.05) is 12.2 Å². The van der Waals surface area contributed by atoms with E-state index in [0.717, 1.165) is 25.7 Å². The van der Waals surface area contributed by atoms with Gasteiger partial charge in [0.15, 0.2) is 0 Å². The van der Waals surface area contributed by atoms with Crippen LogP contribution in [0.2, 0.25) is 0 Å². The molecule has 13 heteroatoms. The topological polar surface area (TPSA) is 142 Å². The van der Waals surface area contributed by atoms with Gasteiger partial charge in [-0.25, -0.2) is 9.67 Å². The van der Waals surface area contributed by atoms with Crippen LogP contribution in [0.25, 0.3) is 0 Å². The molecule has 1 aliphatic heterocycles. The minimum absolute atomic E-state index is 0.123. The lowest BCUT2D eigenvalue weighted by atomic mass is 9.34. The predicted molar refractivity (Wildman–Crippen MR) is 198 cm³/mol. The van der Waals surface area contributed by atoms with Crippen molar-refractivity contribution >= 4 is 11.9 Å². The fourth-order valence-corrected chi connectivity index (χ4v) is 12.4. The molecule has 4 aliphatic carbocycles. The van der Waals surface area contributed by atoms with Gasteiger partial charge < -0.3 is 25.6 Å². The Morgan fingerprint density at radius 3 is 2.39 bits per heavy atom. The second kappa shape index (κ2) is 13.6. The number of alkyl halides is 3. The summed E-state index contributed by atoms with van der Waals surface area (Å²) in [5.74, 6) is -1.51. The van der Waals surface area contributed by atoms with Gasteiger partial charge in [0.1, 0.15) is 12.9 Å². The average Bonchev–Trinajstić information content (AvgIpc) is 3.56.